The molecule has 0 aliphatic heterocycles. The van der Waals surface area contributed by atoms with Crippen molar-refractivity contribution < 1.29 is 5.11 Å². The van der Waals surface area contributed by atoms with Crippen molar-refractivity contribution in [2.45, 2.75) is 13.0 Å². The maximum Gasteiger partial charge on any atom is 0.101 e. The number of nitrogens with zero attached hydrogens (tertiary/aromatic N) is 2. The second-order valence-electron chi connectivity index (χ2n) is 2.26. The second-order valence-corrected chi connectivity index (χ2v) is 2.26. The van der Waals surface area contributed by atoms with Gasteiger partial charge in [0.1, 0.15) is 6.07 Å². The van der Waals surface area contributed by atoms with Crippen LogP contribution in [0.25, 0.3) is 0 Å². The van der Waals surface area contributed by atoms with Crippen molar-refractivity contribution in [2.75, 3.05) is 0 Å². The summed E-state index contributed by atoms with van der Waals surface area (Å²) in [5.74, 6) is 0. The van der Waals surface area contributed by atoms with E-state index in [1.807, 2.05) is 6.07 Å². The summed E-state index contributed by atoms with van der Waals surface area (Å²) in [4.78, 5) is 3.88. The Bertz CT molecular complexity index is 271. The number of aliphatic hydroxyl groups excluding tert-OH is 1. The lowest BCUT2D eigenvalue weighted by Gasteiger charge is -2.00. The van der Waals surface area contributed by atoms with Gasteiger partial charge in [-0.15, -0.1) is 0 Å². The van der Waals surface area contributed by atoms with Gasteiger partial charge in [0, 0.05) is 6.20 Å². The number of pyridine rings is 1. The van der Waals surface area contributed by atoms with E-state index in [1.54, 1.807) is 19.1 Å². The van der Waals surface area contributed by atoms with Gasteiger partial charge in [0.05, 0.1) is 17.4 Å². The Morgan fingerprint density at radius 1 is 1.64 bits per heavy atom. The average Bonchev–Trinajstić information content (AvgIpc) is 2.05. The molecule has 1 heterocycles. The standard InChI is InChI=1S/C8H8N2O/c1-6(11)8-3-2-7(4-9)5-10-8/h2-3,5-6,11H,1H3. The zero-order chi connectivity index (χ0) is 8.27. The predicted octanol–water partition coefficient (Wildman–Crippen LogP) is 1.01. The molecule has 0 saturated heterocycles. The molecule has 0 aliphatic rings. The van der Waals surface area contributed by atoms with Gasteiger partial charge < -0.3 is 5.11 Å². The molecule has 0 aromatic carbocycles. The van der Waals surface area contributed by atoms with Crippen molar-refractivity contribution in [3.05, 3.63) is 29.6 Å². The first kappa shape index (κ1) is 7.70. The van der Waals surface area contributed by atoms with Crippen molar-refractivity contribution in [1.29, 1.82) is 5.26 Å². The lowest BCUT2D eigenvalue weighted by atomic mass is 10.2. The molecule has 1 atom stereocenters. The minimum Gasteiger partial charge on any atom is -0.387 e. The van der Waals surface area contributed by atoms with E-state index in [1.165, 1.54) is 6.20 Å². The van der Waals surface area contributed by atoms with Gasteiger partial charge in [-0.2, -0.15) is 5.26 Å². The Labute approximate surface area is 64.9 Å². The summed E-state index contributed by atoms with van der Waals surface area (Å²) >= 11 is 0. The Morgan fingerprint density at radius 2 is 2.36 bits per heavy atom. The number of rotatable bonds is 1. The van der Waals surface area contributed by atoms with Gasteiger partial charge in [0.2, 0.25) is 0 Å². The summed E-state index contributed by atoms with van der Waals surface area (Å²) in [6, 6.07) is 5.23. The lowest BCUT2D eigenvalue weighted by Crippen LogP contribution is -1.94. The molecule has 1 aromatic rings. The first-order valence-corrected chi connectivity index (χ1v) is 3.28. The van der Waals surface area contributed by atoms with Gasteiger partial charge in [-0.05, 0) is 19.1 Å². The van der Waals surface area contributed by atoms with Gasteiger partial charge in [0.15, 0.2) is 0 Å². The largest absolute Gasteiger partial charge is 0.387 e. The maximum atomic E-state index is 9.04. The lowest BCUT2D eigenvalue weighted by molar-refractivity contribution is 0.194. The van der Waals surface area contributed by atoms with E-state index in [2.05, 4.69) is 4.98 Å². The number of aromatic nitrogens is 1. The normalized spacial score (nSPS) is 12.1. The van der Waals surface area contributed by atoms with E-state index >= 15 is 0 Å². The summed E-state index contributed by atoms with van der Waals surface area (Å²) in [6.07, 6.45) is 0.880. The molecule has 0 amide bonds. The Morgan fingerprint density at radius 3 is 2.73 bits per heavy atom. The minimum absolute atomic E-state index is 0.509. The van der Waals surface area contributed by atoms with Crippen LogP contribution in [0.4, 0.5) is 0 Å². The highest BCUT2D eigenvalue weighted by Gasteiger charge is 2.00. The Kier molecular flexibility index (Phi) is 2.19. The highest BCUT2D eigenvalue weighted by Crippen LogP contribution is 2.07. The number of hydrogen-bond donors (Lipinski definition) is 1. The zero-order valence-corrected chi connectivity index (χ0v) is 6.15. The fourth-order valence-electron chi connectivity index (χ4n) is 0.719. The van der Waals surface area contributed by atoms with Crippen LogP contribution in [0, 0.1) is 11.3 Å². The van der Waals surface area contributed by atoms with E-state index in [9.17, 15) is 0 Å². The van der Waals surface area contributed by atoms with E-state index in [0.29, 0.717) is 11.3 Å². The summed E-state index contributed by atoms with van der Waals surface area (Å²) in [7, 11) is 0. The molecule has 0 aliphatic carbocycles. The van der Waals surface area contributed by atoms with Crippen LogP contribution < -0.4 is 0 Å². The summed E-state index contributed by atoms with van der Waals surface area (Å²) in [6.45, 7) is 1.63. The van der Waals surface area contributed by atoms with Crippen LogP contribution >= 0.6 is 0 Å². The molecule has 1 N–H and O–H groups in total. The molecule has 0 saturated carbocycles. The molecule has 0 bridgehead atoms. The third-order valence-electron chi connectivity index (χ3n) is 1.34. The van der Waals surface area contributed by atoms with Crippen LogP contribution in [-0.4, -0.2) is 10.1 Å². The molecule has 0 fully saturated rings. The van der Waals surface area contributed by atoms with Crippen LogP contribution in [-0.2, 0) is 0 Å². The van der Waals surface area contributed by atoms with Gasteiger partial charge in [-0.1, -0.05) is 0 Å². The number of nitriles is 1. The maximum absolute atomic E-state index is 9.04. The monoisotopic (exact) mass is 148 g/mol. The van der Waals surface area contributed by atoms with Crippen LogP contribution in [0.5, 0.6) is 0 Å². The van der Waals surface area contributed by atoms with Gasteiger partial charge >= 0.3 is 0 Å². The summed E-state index contributed by atoms with van der Waals surface area (Å²) in [5.41, 5.74) is 1.10. The highest BCUT2D eigenvalue weighted by atomic mass is 16.3. The first-order valence-electron chi connectivity index (χ1n) is 3.28. The third kappa shape index (κ3) is 1.76. The predicted molar refractivity (Wildman–Crippen MR) is 39.6 cm³/mol. The van der Waals surface area contributed by atoms with Crippen LogP contribution in [0.15, 0.2) is 18.3 Å². The quantitative estimate of drug-likeness (QED) is 0.646. The third-order valence-corrected chi connectivity index (χ3v) is 1.34. The van der Waals surface area contributed by atoms with Gasteiger partial charge in [-0.25, -0.2) is 0 Å². The van der Waals surface area contributed by atoms with Crippen molar-refractivity contribution in [3.63, 3.8) is 0 Å². The molecule has 1 aromatic heterocycles. The van der Waals surface area contributed by atoms with E-state index in [0.717, 1.165) is 0 Å². The molecule has 11 heavy (non-hydrogen) atoms. The average molecular weight is 148 g/mol. The fourth-order valence-corrected chi connectivity index (χ4v) is 0.719. The fraction of sp³-hybridized carbons (Fsp3) is 0.250. The molecular formula is C8H8N2O. The Balaban J connectivity index is 2.94. The molecule has 0 spiro atoms. The highest BCUT2D eigenvalue weighted by molar-refractivity contribution is 5.26. The smallest absolute Gasteiger partial charge is 0.101 e. The van der Waals surface area contributed by atoms with E-state index < -0.39 is 6.10 Å². The van der Waals surface area contributed by atoms with Crippen LogP contribution in [0.1, 0.15) is 24.3 Å². The number of aliphatic hydroxyl groups is 1. The molecule has 1 unspecified atom stereocenters. The molecule has 56 valence electrons. The van der Waals surface area contributed by atoms with Crippen LogP contribution in [0.2, 0.25) is 0 Å². The van der Waals surface area contributed by atoms with Gasteiger partial charge in [-0.3, -0.25) is 4.98 Å². The van der Waals surface area contributed by atoms with Crippen molar-refractivity contribution in [1.82, 2.24) is 4.98 Å². The zero-order valence-electron chi connectivity index (χ0n) is 6.15. The molecule has 3 heteroatoms. The van der Waals surface area contributed by atoms with Crippen molar-refractivity contribution >= 4 is 0 Å². The van der Waals surface area contributed by atoms with Gasteiger partial charge in [0.25, 0.3) is 0 Å². The first-order chi connectivity index (χ1) is 5.24. The Hall–Kier alpha value is -1.40. The summed E-state index contributed by atoms with van der Waals surface area (Å²) in [5, 5.41) is 17.5. The SMILES string of the molecule is CC(O)c1ccc(C#N)cn1. The minimum atomic E-state index is -0.567. The summed E-state index contributed by atoms with van der Waals surface area (Å²) < 4.78 is 0. The molecule has 1 rings (SSSR count). The van der Waals surface area contributed by atoms with E-state index in [-0.39, 0.29) is 0 Å². The number of hydrogen-bond acceptors (Lipinski definition) is 3. The van der Waals surface area contributed by atoms with Crippen molar-refractivity contribution in [3.8, 4) is 6.07 Å². The van der Waals surface area contributed by atoms with E-state index in [4.69, 9.17) is 10.4 Å². The second kappa shape index (κ2) is 3.13. The molecule has 3 nitrogen and oxygen atoms in total. The topological polar surface area (TPSA) is 56.9 Å². The molecule has 0 radical (unpaired) electrons. The molecular weight excluding hydrogens is 140 g/mol. The van der Waals surface area contributed by atoms with Crippen LogP contribution in [0.3, 0.4) is 0 Å². The van der Waals surface area contributed by atoms with Crippen molar-refractivity contribution in [2.24, 2.45) is 0 Å².